The summed E-state index contributed by atoms with van der Waals surface area (Å²) in [5.41, 5.74) is 0.334. The molecule has 88 valence electrons. The highest BCUT2D eigenvalue weighted by atomic mass is 35.5. The van der Waals surface area contributed by atoms with Crippen LogP contribution in [0.15, 0.2) is 18.3 Å². The lowest BCUT2D eigenvalue weighted by Crippen LogP contribution is -2.35. The summed E-state index contributed by atoms with van der Waals surface area (Å²) in [5.74, 6) is -0.239. The van der Waals surface area contributed by atoms with Gasteiger partial charge in [0, 0.05) is 18.8 Å². The molecule has 0 saturated heterocycles. The highest BCUT2D eigenvalue weighted by Gasteiger charge is 2.12. The molecule has 1 rings (SSSR count). The molecule has 1 unspecified atom stereocenters. The first-order chi connectivity index (χ1) is 7.67. The maximum atomic E-state index is 11.7. The third-order valence-electron chi connectivity index (χ3n) is 2.27. The molecule has 0 saturated carbocycles. The second-order valence-electron chi connectivity index (χ2n) is 3.45. The fourth-order valence-electron chi connectivity index (χ4n) is 1.30. The van der Waals surface area contributed by atoms with Gasteiger partial charge in [-0.1, -0.05) is 18.5 Å². The molecule has 1 aromatic rings. The molecule has 0 aliphatic heterocycles. The average Bonchev–Trinajstić information content (AvgIpc) is 2.29. The Bertz CT molecular complexity index is 340. The van der Waals surface area contributed by atoms with Gasteiger partial charge in [0.2, 0.25) is 0 Å². The van der Waals surface area contributed by atoms with E-state index in [2.05, 4.69) is 10.3 Å². The van der Waals surface area contributed by atoms with Crippen molar-refractivity contribution in [1.29, 1.82) is 0 Å². The number of hydrogen-bond donors (Lipinski definition) is 2. The molecule has 0 bridgehead atoms. The maximum absolute atomic E-state index is 11.7. The summed E-state index contributed by atoms with van der Waals surface area (Å²) >= 11 is 5.67. The number of nitrogens with one attached hydrogen (secondary N) is 1. The third kappa shape index (κ3) is 3.79. The summed E-state index contributed by atoms with van der Waals surface area (Å²) in [6, 6.07) is 3.18. The SMILES string of the molecule is CCC(CCO)NC(=O)c1ccc(Cl)cn1. The van der Waals surface area contributed by atoms with Crippen molar-refractivity contribution >= 4 is 17.5 Å². The van der Waals surface area contributed by atoms with Crippen molar-refractivity contribution in [3.05, 3.63) is 29.0 Å². The Morgan fingerprint density at radius 1 is 1.62 bits per heavy atom. The van der Waals surface area contributed by atoms with Crippen molar-refractivity contribution in [3.8, 4) is 0 Å². The lowest BCUT2D eigenvalue weighted by atomic mass is 10.1. The number of rotatable bonds is 5. The molecule has 1 heterocycles. The van der Waals surface area contributed by atoms with Crippen LogP contribution in [-0.2, 0) is 0 Å². The number of hydrogen-bond acceptors (Lipinski definition) is 3. The molecule has 0 aliphatic carbocycles. The first kappa shape index (κ1) is 12.9. The van der Waals surface area contributed by atoms with Gasteiger partial charge in [-0.25, -0.2) is 4.98 Å². The van der Waals surface area contributed by atoms with E-state index in [0.29, 0.717) is 17.1 Å². The van der Waals surface area contributed by atoms with Crippen molar-refractivity contribution in [2.24, 2.45) is 0 Å². The van der Waals surface area contributed by atoms with Crippen LogP contribution in [0, 0.1) is 0 Å². The normalized spacial score (nSPS) is 12.2. The van der Waals surface area contributed by atoms with Crippen LogP contribution in [0.3, 0.4) is 0 Å². The zero-order valence-corrected chi connectivity index (χ0v) is 9.87. The zero-order chi connectivity index (χ0) is 12.0. The van der Waals surface area contributed by atoms with E-state index in [1.54, 1.807) is 12.1 Å². The number of carbonyl (C=O) groups excluding carboxylic acids is 1. The number of pyridine rings is 1. The first-order valence-electron chi connectivity index (χ1n) is 5.20. The van der Waals surface area contributed by atoms with Crippen LogP contribution in [-0.4, -0.2) is 28.6 Å². The summed E-state index contributed by atoms with van der Waals surface area (Å²) in [7, 11) is 0. The molecule has 1 atom stereocenters. The van der Waals surface area contributed by atoms with Gasteiger partial charge in [-0.3, -0.25) is 4.79 Å². The third-order valence-corrected chi connectivity index (χ3v) is 2.49. The molecule has 2 N–H and O–H groups in total. The molecular formula is C11H15ClN2O2. The smallest absolute Gasteiger partial charge is 0.270 e. The van der Waals surface area contributed by atoms with Crippen LogP contribution in [0.1, 0.15) is 30.3 Å². The van der Waals surface area contributed by atoms with E-state index >= 15 is 0 Å². The van der Waals surface area contributed by atoms with Crippen LogP contribution in [0.5, 0.6) is 0 Å². The Morgan fingerprint density at radius 2 is 2.38 bits per heavy atom. The minimum atomic E-state index is -0.239. The Morgan fingerprint density at radius 3 is 2.88 bits per heavy atom. The summed E-state index contributed by atoms with van der Waals surface area (Å²) < 4.78 is 0. The van der Waals surface area contributed by atoms with E-state index < -0.39 is 0 Å². The van der Waals surface area contributed by atoms with Crippen LogP contribution >= 0.6 is 11.6 Å². The Labute approximate surface area is 99.6 Å². The highest BCUT2D eigenvalue weighted by molar-refractivity contribution is 6.30. The molecule has 0 aliphatic rings. The van der Waals surface area contributed by atoms with Crippen LogP contribution in [0.2, 0.25) is 5.02 Å². The monoisotopic (exact) mass is 242 g/mol. The molecule has 4 nitrogen and oxygen atoms in total. The number of amides is 1. The van der Waals surface area contributed by atoms with Gasteiger partial charge in [-0.2, -0.15) is 0 Å². The minimum Gasteiger partial charge on any atom is -0.396 e. The van der Waals surface area contributed by atoms with Gasteiger partial charge in [-0.05, 0) is 25.0 Å². The van der Waals surface area contributed by atoms with Gasteiger partial charge in [0.1, 0.15) is 5.69 Å². The predicted octanol–water partition coefficient (Wildman–Crippen LogP) is 1.63. The molecule has 0 aromatic carbocycles. The summed E-state index contributed by atoms with van der Waals surface area (Å²) in [4.78, 5) is 15.6. The first-order valence-corrected chi connectivity index (χ1v) is 5.58. The van der Waals surface area contributed by atoms with E-state index in [4.69, 9.17) is 16.7 Å². The molecule has 1 aromatic heterocycles. The van der Waals surface area contributed by atoms with E-state index in [-0.39, 0.29) is 18.6 Å². The minimum absolute atomic E-state index is 0.0185. The van der Waals surface area contributed by atoms with Crippen LogP contribution in [0.25, 0.3) is 0 Å². The van der Waals surface area contributed by atoms with Gasteiger partial charge in [-0.15, -0.1) is 0 Å². The van der Waals surface area contributed by atoms with Crippen molar-refractivity contribution in [1.82, 2.24) is 10.3 Å². The van der Waals surface area contributed by atoms with Crippen LogP contribution in [0.4, 0.5) is 0 Å². The second kappa shape index (κ2) is 6.45. The molecule has 0 spiro atoms. The molecule has 0 radical (unpaired) electrons. The average molecular weight is 243 g/mol. The molecule has 0 fully saturated rings. The zero-order valence-electron chi connectivity index (χ0n) is 9.11. The molecule has 5 heteroatoms. The largest absolute Gasteiger partial charge is 0.396 e. The second-order valence-corrected chi connectivity index (χ2v) is 3.89. The number of carbonyl (C=O) groups is 1. The van der Waals surface area contributed by atoms with Crippen molar-refractivity contribution < 1.29 is 9.90 Å². The topological polar surface area (TPSA) is 62.2 Å². The maximum Gasteiger partial charge on any atom is 0.270 e. The number of halogens is 1. The lowest BCUT2D eigenvalue weighted by molar-refractivity contribution is 0.0924. The lowest BCUT2D eigenvalue weighted by Gasteiger charge is -2.15. The number of aromatic nitrogens is 1. The summed E-state index contributed by atoms with van der Waals surface area (Å²) in [6.07, 6.45) is 2.76. The molecular weight excluding hydrogens is 228 g/mol. The number of aliphatic hydroxyl groups excluding tert-OH is 1. The predicted molar refractivity (Wildman–Crippen MR) is 62.5 cm³/mol. The Hall–Kier alpha value is -1.13. The van der Waals surface area contributed by atoms with E-state index in [0.717, 1.165) is 6.42 Å². The summed E-state index contributed by atoms with van der Waals surface area (Å²) in [6.45, 7) is 2.02. The number of nitrogens with zero attached hydrogens (tertiary/aromatic N) is 1. The van der Waals surface area contributed by atoms with Gasteiger partial charge in [0.05, 0.1) is 5.02 Å². The molecule has 1 amide bonds. The summed E-state index contributed by atoms with van der Waals surface area (Å²) in [5, 5.41) is 12.1. The van der Waals surface area contributed by atoms with Gasteiger partial charge in [0.25, 0.3) is 5.91 Å². The quantitative estimate of drug-likeness (QED) is 0.825. The van der Waals surface area contributed by atoms with Gasteiger partial charge in [0.15, 0.2) is 0 Å². The van der Waals surface area contributed by atoms with Crippen molar-refractivity contribution in [2.45, 2.75) is 25.8 Å². The Balaban J connectivity index is 2.60. The van der Waals surface area contributed by atoms with Crippen molar-refractivity contribution in [2.75, 3.05) is 6.61 Å². The molecule has 16 heavy (non-hydrogen) atoms. The Kier molecular flexibility index (Phi) is 5.22. The van der Waals surface area contributed by atoms with E-state index in [1.165, 1.54) is 6.20 Å². The highest BCUT2D eigenvalue weighted by Crippen LogP contribution is 2.06. The van der Waals surface area contributed by atoms with Crippen molar-refractivity contribution in [3.63, 3.8) is 0 Å². The van der Waals surface area contributed by atoms with E-state index in [1.807, 2.05) is 6.92 Å². The fraction of sp³-hybridized carbons (Fsp3) is 0.455. The van der Waals surface area contributed by atoms with Gasteiger partial charge >= 0.3 is 0 Å². The van der Waals surface area contributed by atoms with Gasteiger partial charge < -0.3 is 10.4 Å². The number of aliphatic hydroxyl groups is 1. The van der Waals surface area contributed by atoms with Crippen LogP contribution < -0.4 is 5.32 Å². The fourth-order valence-corrected chi connectivity index (χ4v) is 1.42. The standard InChI is InChI=1S/C11H15ClN2O2/c1-2-9(5-6-15)14-11(16)10-4-3-8(12)7-13-10/h3-4,7,9,15H,2,5-6H2,1H3,(H,14,16). The van der Waals surface area contributed by atoms with E-state index in [9.17, 15) is 4.79 Å².